The number of ether oxygens (including phenoxy) is 1. The van der Waals surface area contributed by atoms with E-state index in [0.29, 0.717) is 30.1 Å². The summed E-state index contributed by atoms with van der Waals surface area (Å²) in [5, 5.41) is 24.4. The topological polar surface area (TPSA) is 127 Å². The number of hydrogen-bond donors (Lipinski definition) is 2. The van der Waals surface area contributed by atoms with Crippen LogP contribution in [0.4, 0.5) is 5.69 Å². The molecule has 2 amide bonds. The largest absolute Gasteiger partial charge is 0.360 e. The summed E-state index contributed by atoms with van der Waals surface area (Å²) in [6.45, 7) is 12.2. The molecule has 1 unspecified atom stereocenters. The Morgan fingerprint density at radius 1 is 1.13 bits per heavy atom. The molecule has 1 aliphatic rings. The van der Waals surface area contributed by atoms with Crippen LogP contribution in [0.2, 0.25) is 25.7 Å². The van der Waals surface area contributed by atoms with Crippen LogP contribution in [0.25, 0.3) is 11.1 Å². The van der Waals surface area contributed by atoms with Crippen molar-refractivity contribution in [2.45, 2.75) is 77.5 Å². The molecular weight excluding hydrogens is 595 g/mol. The van der Waals surface area contributed by atoms with Gasteiger partial charge in [0.05, 0.1) is 17.3 Å². The molecule has 0 radical (unpaired) electrons. The van der Waals surface area contributed by atoms with Gasteiger partial charge in [0.1, 0.15) is 18.5 Å². The van der Waals surface area contributed by atoms with Crippen molar-refractivity contribution in [3.05, 3.63) is 88.5 Å². The van der Waals surface area contributed by atoms with Gasteiger partial charge in [-0.2, -0.15) is 15.5 Å². The Bertz CT molecular complexity index is 1760. The van der Waals surface area contributed by atoms with Crippen LogP contribution in [0.5, 0.6) is 0 Å². The number of nitrogens with zero attached hydrogens (tertiary/aromatic N) is 5. The zero-order valence-electron chi connectivity index (χ0n) is 27.6. The molecule has 2 aromatic carbocycles. The number of carbonyl (C=O) groups is 2. The van der Waals surface area contributed by atoms with Crippen LogP contribution >= 0.6 is 0 Å². The van der Waals surface area contributed by atoms with Gasteiger partial charge in [0, 0.05) is 50.8 Å². The molecule has 0 aliphatic heterocycles. The zero-order valence-corrected chi connectivity index (χ0v) is 28.6. The number of nitrogens with one attached hydrogen (secondary N) is 2. The molecule has 1 aliphatic carbocycles. The molecule has 0 fully saturated rings. The third-order valence-electron chi connectivity index (χ3n) is 8.69. The second-order valence-corrected chi connectivity index (χ2v) is 18.9. The highest BCUT2D eigenvalue weighted by atomic mass is 28.3. The Balaban J connectivity index is 1.35. The highest BCUT2D eigenvalue weighted by Gasteiger charge is 2.35. The smallest absolute Gasteiger partial charge is 0.270 e. The van der Waals surface area contributed by atoms with Crippen LogP contribution in [-0.2, 0) is 29.7 Å². The van der Waals surface area contributed by atoms with Gasteiger partial charge in [0.25, 0.3) is 5.91 Å². The highest BCUT2D eigenvalue weighted by Crippen LogP contribution is 2.36. The minimum Gasteiger partial charge on any atom is -0.360 e. The van der Waals surface area contributed by atoms with Crippen molar-refractivity contribution in [2.24, 2.45) is 7.05 Å². The number of fused-ring (bicyclic) bond motifs is 1. The minimum absolute atomic E-state index is 0.294. The number of rotatable bonds is 11. The van der Waals surface area contributed by atoms with E-state index in [-0.39, 0.29) is 17.7 Å². The van der Waals surface area contributed by atoms with Gasteiger partial charge in [-0.3, -0.25) is 14.3 Å². The number of amides is 2. The maximum Gasteiger partial charge on any atom is 0.270 e. The fourth-order valence-electron chi connectivity index (χ4n) is 6.12. The van der Waals surface area contributed by atoms with Gasteiger partial charge in [0.15, 0.2) is 0 Å². The van der Waals surface area contributed by atoms with Gasteiger partial charge >= 0.3 is 0 Å². The van der Waals surface area contributed by atoms with Crippen molar-refractivity contribution in [3.8, 4) is 17.2 Å². The predicted molar refractivity (Wildman–Crippen MR) is 181 cm³/mol. The first-order valence-corrected chi connectivity index (χ1v) is 19.5. The predicted octanol–water partition coefficient (Wildman–Crippen LogP) is 5.94. The average Bonchev–Trinajstić information content (AvgIpc) is 3.58. The van der Waals surface area contributed by atoms with E-state index < -0.39 is 14.1 Å². The van der Waals surface area contributed by atoms with Crippen molar-refractivity contribution in [2.75, 3.05) is 11.9 Å². The summed E-state index contributed by atoms with van der Waals surface area (Å²) in [7, 11) is 0.525. The number of hydrogen-bond acceptors (Lipinski definition) is 6. The minimum atomic E-state index is -1.17. The van der Waals surface area contributed by atoms with Crippen LogP contribution in [-0.4, -0.2) is 52.1 Å². The first-order chi connectivity index (χ1) is 21.9. The Morgan fingerprint density at radius 3 is 2.57 bits per heavy atom. The van der Waals surface area contributed by atoms with Gasteiger partial charge < -0.3 is 15.4 Å². The molecule has 240 valence electrons. The number of anilines is 1. The summed E-state index contributed by atoms with van der Waals surface area (Å²) in [6.07, 6.45) is 3.99. The van der Waals surface area contributed by atoms with Crippen LogP contribution in [0.3, 0.4) is 0 Å². The molecule has 0 bridgehead atoms. The maximum absolute atomic E-state index is 14.0. The van der Waals surface area contributed by atoms with Crippen molar-refractivity contribution < 1.29 is 14.3 Å². The van der Waals surface area contributed by atoms with Gasteiger partial charge in [-0.25, -0.2) is 4.68 Å². The van der Waals surface area contributed by atoms with E-state index in [0.717, 1.165) is 59.1 Å². The first kappa shape index (κ1) is 32.8. The molecule has 11 heteroatoms. The second-order valence-electron chi connectivity index (χ2n) is 13.3. The van der Waals surface area contributed by atoms with Gasteiger partial charge in [-0.1, -0.05) is 37.8 Å². The third kappa shape index (κ3) is 7.46. The molecule has 5 rings (SSSR count). The normalized spacial score (nSPS) is 15.1. The molecule has 46 heavy (non-hydrogen) atoms. The van der Waals surface area contributed by atoms with E-state index in [9.17, 15) is 14.9 Å². The van der Waals surface area contributed by atoms with Crippen LogP contribution in [0.15, 0.2) is 54.7 Å². The van der Waals surface area contributed by atoms with E-state index in [1.54, 1.807) is 25.4 Å². The van der Waals surface area contributed by atoms with Crippen molar-refractivity contribution in [1.29, 1.82) is 5.26 Å². The summed E-state index contributed by atoms with van der Waals surface area (Å²) < 4.78 is 9.33. The molecule has 10 nitrogen and oxygen atoms in total. The fraction of sp³-hybridized carbons (Fsp3) is 0.400. The van der Waals surface area contributed by atoms with E-state index in [1.807, 2.05) is 54.9 Å². The molecular formula is C35H43N7O3Si. The van der Waals surface area contributed by atoms with Crippen molar-refractivity contribution in [3.63, 3.8) is 0 Å². The number of benzene rings is 2. The summed E-state index contributed by atoms with van der Waals surface area (Å²) in [5.74, 6) is -0.997. The van der Waals surface area contributed by atoms with Crippen molar-refractivity contribution >= 4 is 25.6 Å². The number of nitriles is 1. The Kier molecular flexibility index (Phi) is 9.89. The first-order valence-electron chi connectivity index (χ1n) is 15.8. The van der Waals surface area contributed by atoms with Crippen LogP contribution in [0.1, 0.15) is 57.3 Å². The molecule has 0 saturated heterocycles. The summed E-state index contributed by atoms with van der Waals surface area (Å²) in [6, 6.07) is 17.4. The van der Waals surface area contributed by atoms with E-state index in [1.165, 1.54) is 4.68 Å². The highest BCUT2D eigenvalue weighted by molar-refractivity contribution is 6.76. The maximum atomic E-state index is 14.0. The molecule has 2 N–H and O–H groups in total. The van der Waals surface area contributed by atoms with E-state index in [4.69, 9.17) is 9.84 Å². The summed E-state index contributed by atoms with van der Waals surface area (Å²) in [4.78, 5) is 27.3. The average molecular weight is 638 g/mol. The fourth-order valence-corrected chi connectivity index (χ4v) is 6.88. The lowest BCUT2D eigenvalue weighted by molar-refractivity contribution is -0.118. The quantitative estimate of drug-likeness (QED) is 0.155. The lowest BCUT2D eigenvalue weighted by Gasteiger charge is -2.32. The summed E-state index contributed by atoms with van der Waals surface area (Å²) in [5.41, 5.74) is 7.50. The molecule has 2 atom stereocenters. The Labute approximate surface area is 271 Å². The Morgan fingerprint density at radius 2 is 1.89 bits per heavy atom. The molecule has 2 heterocycles. The van der Waals surface area contributed by atoms with Crippen molar-refractivity contribution in [1.82, 2.24) is 24.9 Å². The van der Waals surface area contributed by atoms with Crippen LogP contribution < -0.4 is 10.6 Å². The third-order valence-corrected chi connectivity index (χ3v) is 10.4. The molecule has 0 spiro atoms. The standard InChI is InChI=1S/C35H43N7O3Si/c1-23-32(24(2)42(40-23)22-45-18-19-46(4,5)6)27-12-14-28(15-13-27)38-35(44)33(39-34(43)31-16-17-37-41(31)3)29-9-7-8-26-11-10-25(21-36)20-30(26)29/h10-17,20,29,33H,7-9,18-19,22H2,1-6H3,(H,38,44)(H,39,43)/t29-,33?/m0/s1. The SMILES string of the molecule is Cc1nn(COCC[Si](C)(C)C)c(C)c1-c1ccc(NC(=O)C(NC(=O)c2ccnn2C)[C@H]2CCCc3ccc(C#N)cc32)cc1. The second kappa shape index (κ2) is 13.8. The van der Waals surface area contributed by atoms with E-state index in [2.05, 4.69) is 41.4 Å². The Hall–Kier alpha value is -4.53. The van der Waals surface area contributed by atoms with Gasteiger partial charge in [0.2, 0.25) is 5.91 Å². The number of carbonyl (C=O) groups excluding carboxylic acids is 2. The van der Waals surface area contributed by atoms with Crippen LogP contribution in [0, 0.1) is 25.2 Å². The lowest BCUT2D eigenvalue weighted by Crippen LogP contribution is -2.48. The molecule has 4 aromatic rings. The van der Waals surface area contributed by atoms with Gasteiger partial charge in [-0.05, 0) is 86.2 Å². The number of aryl methyl sites for hydroxylation is 3. The summed E-state index contributed by atoms with van der Waals surface area (Å²) >= 11 is 0. The van der Waals surface area contributed by atoms with E-state index >= 15 is 0 Å². The molecule has 2 aromatic heterocycles. The van der Waals surface area contributed by atoms with Gasteiger partial charge in [-0.15, -0.1) is 0 Å². The zero-order chi connectivity index (χ0) is 33.0. The molecule has 0 saturated carbocycles. The number of aromatic nitrogens is 4. The lowest BCUT2D eigenvalue weighted by atomic mass is 9.77. The monoisotopic (exact) mass is 637 g/mol.